The number of methoxy groups -OCH3 is 1. The zero-order valence-corrected chi connectivity index (χ0v) is 10.7. The average molecular weight is 260 g/mol. The van der Waals surface area contributed by atoms with Gasteiger partial charge in [-0.2, -0.15) is 0 Å². The van der Waals surface area contributed by atoms with Crippen LogP contribution >= 0.6 is 0 Å². The molecule has 0 bridgehead atoms. The van der Waals surface area contributed by atoms with Gasteiger partial charge in [-0.15, -0.1) is 0 Å². The first kappa shape index (κ1) is 13.3. The molecule has 100 valence electrons. The van der Waals surface area contributed by atoms with E-state index in [2.05, 4.69) is 15.4 Å². The Labute approximate surface area is 111 Å². The molecule has 0 atom stereocenters. The molecule has 6 heteroatoms. The molecule has 0 radical (unpaired) electrons. The predicted octanol–water partition coefficient (Wildman–Crippen LogP) is 1.49. The van der Waals surface area contributed by atoms with Crippen molar-refractivity contribution in [3.05, 3.63) is 47.8 Å². The van der Waals surface area contributed by atoms with Crippen LogP contribution in [0.3, 0.4) is 0 Å². The third kappa shape index (κ3) is 3.90. The van der Waals surface area contributed by atoms with Crippen molar-refractivity contribution < 1.29 is 9.47 Å². The summed E-state index contributed by atoms with van der Waals surface area (Å²) in [5.74, 6) is 6.39. The van der Waals surface area contributed by atoms with E-state index in [0.29, 0.717) is 19.2 Å². The Morgan fingerprint density at radius 3 is 2.95 bits per heavy atom. The van der Waals surface area contributed by atoms with Crippen molar-refractivity contribution in [3.63, 3.8) is 0 Å². The number of nitrogen functional groups attached to an aromatic ring is 1. The number of anilines is 1. The number of nitrogens with two attached hydrogens (primary N) is 1. The van der Waals surface area contributed by atoms with Crippen LogP contribution in [-0.4, -0.2) is 17.1 Å². The molecule has 6 nitrogen and oxygen atoms in total. The highest BCUT2D eigenvalue weighted by molar-refractivity contribution is 5.28. The van der Waals surface area contributed by atoms with Crippen LogP contribution < -0.4 is 16.0 Å². The Morgan fingerprint density at radius 2 is 2.16 bits per heavy atom. The van der Waals surface area contributed by atoms with E-state index >= 15 is 0 Å². The molecule has 2 aromatic rings. The molecule has 0 amide bonds. The van der Waals surface area contributed by atoms with Gasteiger partial charge in [0.15, 0.2) is 0 Å². The monoisotopic (exact) mass is 260 g/mol. The summed E-state index contributed by atoms with van der Waals surface area (Å²) in [6.07, 6.45) is 1.63. The number of rotatable bonds is 6. The largest absolute Gasteiger partial charge is 0.487 e. The first-order valence-electron chi connectivity index (χ1n) is 5.81. The second kappa shape index (κ2) is 6.67. The van der Waals surface area contributed by atoms with Gasteiger partial charge < -0.3 is 9.47 Å². The summed E-state index contributed by atoms with van der Waals surface area (Å²) < 4.78 is 10.7. The van der Waals surface area contributed by atoms with Crippen molar-refractivity contribution in [1.82, 2.24) is 9.97 Å². The quantitative estimate of drug-likeness (QED) is 0.605. The lowest BCUT2D eigenvalue weighted by Gasteiger charge is -2.08. The number of ether oxygens (including phenoxy) is 2. The zero-order chi connectivity index (χ0) is 13.5. The van der Waals surface area contributed by atoms with E-state index in [1.807, 2.05) is 24.3 Å². The predicted molar refractivity (Wildman–Crippen MR) is 71.3 cm³/mol. The highest BCUT2D eigenvalue weighted by atomic mass is 16.5. The number of benzene rings is 1. The van der Waals surface area contributed by atoms with E-state index in [0.717, 1.165) is 17.0 Å². The second-order valence-electron chi connectivity index (χ2n) is 3.89. The summed E-state index contributed by atoms with van der Waals surface area (Å²) >= 11 is 0. The lowest BCUT2D eigenvalue weighted by Crippen LogP contribution is -2.11. The van der Waals surface area contributed by atoms with Gasteiger partial charge in [-0.25, -0.2) is 15.8 Å². The van der Waals surface area contributed by atoms with E-state index < -0.39 is 0 Å². The van der Waals surface area contributed by atoms with Crippen molar-refractivity contribution in [2.24, 2.45) is 5.84 Å². The number of hydrogen-bond donors (Lipinski definition) is 2. The lowest BCUT2D eigenvalue weighted by atomic mass is 10.2. The van der Waals surface area contributed by atoms with Crippen LogP contribution in [-0.2, 0) is 18.0 Å². The van der Waals surface area contributed by atoms with Gasteiger partial charge in [0.05, 0.1) is 12.3 Å². The molecule has 1 aromatic carbocycles. The van der Waals surface area contributed by atoms with Crippen molar-refractivity contribution in [3.8, 4) is 5.75 Å². The van der Waals surface area contributed by atoms with Gasteiger partial charge in [-0.3, -0.25) is 5.43 Å². The molecule has 0 aliphatic carbocycles. The molecule has 0 aliphatic heterocycles. The SMILES string of the molecule is COCc1cccc(OCc2ccnc(NN)n2)c1. The highest BCUT2D eigenvalue weighted by Crippen LogP contribution is 2.15. The molecule has 19 heavy (non-hydrogen) atoms. The minimum absolute atomic E-state index is 0.355. The Balaban J connectivity index is 1.99. The zero-order valence-electron chi connectivity index (χ0n) is 10.7. The first-order chi connectivity index (χ1) is 9.31. The summed E-state index contributed by atoms with van der Waals surface area (Å²) in [4.78, 5) is 8.10. The van der Waals surface area contributed by atoms with Gasteiger partial charge in [0.2, 0.25) is 5.95 Å². The average Bonchev–Trinajstić information content (AvgIpc) is 2.46. The number of nitrogens with zero attached hydrogens (tertiary/aromatic N) is 2. The molecule has 0 fully saturated rings. The summed E-state index contributed by atoms with van der Waals surface area (Å²) in [5, 5.41) is 0. The van der Waals surface area contributed by atoms with Gasteiger partial charge in [0.25, 0.3) is 0 Å². The van der Waals surface area contributed by atoms with Crippen LogP contribution in [0.25, 0.3) is 0 Å². The topological polar surface area (TPSA) is 82.3 Å². The molecule has 3 N–H and O–H groups in total. The smallest absolute Gasteiger partial charge is 0.237 e. The number of aromatic nitrogens is 2. The molecular weight excluding hydrogens is 244 g/mol. The molecule has 0 spiro atoms. The Morgan fingerprint density at radius 1 is 1.26 bits per heavy atom. The number of hydrogen-bond acceptors (Lipinski definition) is 6. The molecule has 0 unspecified atom stereocenters. The van der Waals surface area contributed by atoms with Gasteiger partial charge >= 0.3 is 0 Å². The van der Waals surface area contributed by atoms with E-state index in [9.17, 15) is 0 Å². The Kier molecular flexibility index (Phi) is 4.66. The van der Waals surface area contributed by atoms with E-state index in [-0.39, 0.29) is 0 Å². The van der Waals surface area contributed by atoms with Gasteiger partial charge in [0, 0.05) is 13.3 Å². The molecule has 2 rings (SSSR count). The molecule has 0 saturated carbocycles. The van der Waals surface area contributed by atoms with Crippen molar-refractivity contribution in [1.29, 1.82) is 0 Å². The van der Waals surface area contributed by atoms with E-state index in [1.165, 1.54) is 0 Å². The van der Waals surface area contributed by atoms with Crippen LogP contribution in [0.2, 0.25) is 0 Å². The maximum absolute atomic E-state index is 5.66. The second-order valence-corrected chi connectivity index (χ2v) is 3.89. The highest BCUT2D eigenvalue weighted by Gasteiger charge is 2.01. The maximum Gasteiger partial charge on any atom is 0.237 e. The van der Waals surface area contributed by atoms with Crippen LogP contribution in [0, 0.1) is 0 Å². The normalized spacial score (nSPS) is 10.2. The van der Waals surface area contributed by atoms with Gasteiger partial charge in [0.1, 0.15) is 12.4 Å². The summed E-state index contributed by atoms with van der Waals surface area (Å²) in [6, 6.07) is 9.52. The van der Waals surface area contributed by atoms with Crippen molar-refractivity contribution in [2.75, 3.05) is 12.5 Å². The summed E-state index contributed by atoms with van der Waals surface area (Å²) in [5.41, 5.74) is 4.21. The molecule has 0 saturated heterocycles. The molecule has 1 aromatic heterocycles. The molecule has 1 heterocycles. The lowest BCUT2D eigenvalue weighted by molar-refractivity contribution is 0.184. The third-order valence-corrected chi connectivity index (χ3v) is 2.44. The minimum Gasteiger partial charge on any atom is -0.487 e. The standard InChI is InChI=1S/C13H16N4O2/c1-18-8-10-3-2-4-12(7-10)19-9-11-5-6-15-13(16-11)17-14/h2-7H,8-9,14H2,1H3,(H,15,16,17). The number of nitrogens with one attached hydrogen (secondary N) is 1. The van der Waals surface area contributed by atoms with E-state index in [4.69, 9.17) is 15.3 Å². The number of hydrazine groups is 1. The fourth-order valence-electron chi connectivity index (χ4n) is 1.59. The molecule has 0 aliphatic rings. The fraction of sp³-hybridized carbons (Fsp3) is 0.231. The van der Waals surface area contributed by atoms with Crippen LogP contribution in [0.1, 0.15) is 11.3 Å². The first-order valence-corrected chi connectivity index (χ1v) is 5.81. The minimum atomic E-state index is 0.355. The summed E-state index contributed by atoms with van der Waals surface area (Å²) in [7, 11) is 1.66. The van der Waals surface area contributed by atoms with Gasteiger partial charge in [-0.1, -0.05) is 12.1 Å². The van der Waals surface area contributed by atoms with Crippen LogP contribution in [0.5, 0.6) is 5.75 Å². The van der Waals surface area contributed by atoms with Crippen molar-refractivity contribution >= 4 is 5.95 Å². The van der Waals surface area contributed by atoms with Crippen LogP contribution in [0.4, 0.5) is 5.95 Å². The fourth-order valence-corrected chi connectivity index (χ4v) is 1.59. The third-order valence-electron chi connectivity index (χ3n) is 2.44. The Hall–Kier alpha value is -2.18. The summed E-state index contributed by atoms with van der Waals surface area (Å²) in [6.45, 7) is 0.916. The Bertz CT molecular complexity index is 534. The van der Waals surface area contributed by atoms with E-state index in [1.54, 1.807) is 19.4 Å². The molecular formula is C13H16N4O2. The maximum atomic E-state index is 5.66. The van der Waals surface area contributed by atoms with Crippen molar-refractivity contribution in [2.45, 2.75) is 13.2 Å². The van der Waals surface area contributed by atoms with Crippen LogP contribution in [0.15, 0.2) is 36.5 Å². The van der Waals surface area contributed by atoms with Gasteiger partial charge in [-0.05, 0) is 23.8 Å².